The molecule has 0 unspecified atom stereocenters. The normalized spacial score (nSPS) is 11.4. The SMILES string of the molecule is COc1cc(CC(=NO)c2ccc(Cl)cc2)ncn1. The molecule has 0 bridgehead atoms. The van der Waals surface area contributed by atoms with Crippen LogP contribution in [0.1, 0.15) is 11.3 Å². The summed E-state index contributed by atoms with van der Waals surface area (Å²) >= 11 is 5.82. The van der Waals surface area contributed by atoms with Crippen LogP contribution in [0.5, 0.6) is 5.88 Å². The lowest BCUT2D eigenvalue weighted by atomic mass is 10.1. The van der Waals surface area contributed by atoms with E-state index < -0.39 is 0 Å². The number of methoxy groups -OCH3 is 1. The molecule has 6 heteroatoms. The molecular formula is C13H12ClN3O2. The van der Waals surface area contributed by atoms with Gasteiger partial charge in [-0.05, 0) is 17.7 Å². The maximum atomic E-state index is 9.12. The van der Waals surface area contributed by atoms with Crippen LogP contribution in [0.25, 0.3) is 0 Å². The highest BCUT2D eigenvalue weighted by molar-refractivity contribution is 6.30. The molecule has 1 heterocycles. The number of hydrogen-bond acceptors (Lipinski definition) is 5. The van der Waals surface area contributed by atoms with E-state index in [0.717, 1.165) is 5.56 Å². The molecule has 0 amide bonds. The zero-order valence-electron chi connectivity index (χ0n) is 10.2. The van der Waals surface area contributed by atoms with Crippen LogP contribution < -0.4 is 4.74 Å². The third kappa shape index (κ3) is 3.42. The summed E-state index contributed by atoms with van der Waals surface area (Å²) in [6.45, 7) is 0. The highest BCUT2D eigenvalue weighted by atomic mass is 35.5. The third-order valence-electron chi connectivity index (χ3n) is 2.55. The molecule has 0 radical (unpaired) electrons. The largest absolute Gasteiger partial charge is 0.481 e. The van der Waals surface area contributed by atoms with Gasteiger partial charge in [-0.3, -0.25) is 0 Å². The molecule has 98 valence electrons. The van der Waals surface area contributed by atoms with Crippen LogP contribution in [0.3, 0.4) is 0 Å². The fourth-order valence-corrected chi connectivity index (χ4v) is 1.72. The van der Waals surface area contributed by atoms with Crippen LogP contribution in [0.2, 0.25) is 5.02 Å². The topological polar surface area (TPSA) is 67.6 Å². The van der Waals surface area contributed by atoms with Crippen molar-refractivity contribution in [1.82, 2.24) is 9.97 Å². The Morgan fingerprint density at radius 3 is 2.68 bits per heavy atom. The summed E-state index contributed by atoms with van der Waals surface area (Å²) in [4.78, 5) is 8.03. The fraction of sp³-hybridized carbons (Fsp3) is 0.154. The molecule has 0 saturated heterocycles. The second-order valence-corrected chi connectivity index (χ2v) is 4.22. The molecule has 0 atom stereocenters. The van der Waals surface area contributed by atoms with Gasteiger partial charge in [-0.15, -0.1) is 0 Å². The van der Waals surface area contributed by atoms with Crippen molar-refractivity contribution in [1.29, 1.82) is 0 Å². The van der Waals surface area contributed by atoms with Crippen molar-refractivity contribution in [2.45, 2.75) is 6.42 Å². The molecule has 0 saturated carbocycles. The summed E-state index contributed by atoms with van der Waals surface area (Å²) in [7, 11) is 1.53. The molecule has 0 fully saturated rings. The predicted octanol–water partition coefficient (Wildman–Crippen LogP) is 2.56. The predicted molar refractivity (Wildman–Crippen MR) is 72.1 cm³/mol. The van der Waals surface area contributed by atoms with E-state index in [-0.39, 0.29) is 0 Å². The van der Waals surface area contributed by atoms with Gasteiger partial charge in [-0.2, -0.15) is 0 Å². The number of oxime groups is 1. The molecule has 0 aliphatic carbocycles. The quantitative estimate of drug-likeness (QED) is 0.530. The van der Waals surface area contributed by atoms with E-state index in [1.165, 1.54) is 13.4 Å². The van der Waals surface area contributed by atoms with E-state index in [9.17, 15) is 0 Å². The average molecular weight is 278 g/mol. The molecule has 1 aromatic carbocycles. The lowest BCUT2D eigenvalue weighted by molar-refractivity contribution is 0.318. The van der Waals surface area contributed by atoms with E-state index >= 15 is 0 Å². The maximum absolute atomic E-state index is 9.12. The van der Waals surface area contributed by atoms with Gasteiger partial charge in [0.15, 0.2) is 0 Å². The lowest BCUT2D eigenvalue weighted by Crippen LogP contribution is -2.07. The van der Waals surface area contributed by atoms with Gasteiger partial charge in [0.2, 0.25) is 5.88 Å². The third-order valence-corrected chi connectivity index (χ3v) is 2.81. The minimum absolute atomic E-state index is 0.372. The summed E-state index contributed by atoms with van der Waals surface area (Å²) in [6, 6.07) is 8.75. The Labute approximate surface area is 115 Å². The molecule has 2 rings (SSSR count). The van der Waals surface area contributed by atoms with Crippen molar-refractivity contribution >= 4 is 17.3 Å². The number of benzene rings is 1. The number of halogens is 1. The second-order valence-electron chi connectivity index (χ2n) is 3.78. The zero-order valence-corrected chi connectivity index (χ0v) is 11.0. The van der Waals surface area contributed by atoms with Gasteiger partial charge in [0.1, 0.15) is 6.33 Å². The molecule has 0 aliphatic heterocycles. The van der Waals surface area contributed by atoms with E-state index in [4.69, 9.17) is 21.5 Å². The Balaban J connectivity index is 2.22. The molecule has 19 heavy (non-hydrogen) atoms. The van der Waals surface area contributed by atoms with Gasteiger partial charge in [0.05, 0.1) is 18.5 Å². The van der Waals surface area contributed by atoms with E-state index in [2.05, 4.69) is 15.1 Å². The van der Waals surface area contributed by atoms with Gasteiger partial charge in [0.25, 0.3) is 0 Å². The van der Waals surface area contributed by atoms with Gasteiger partial charge in [-0.25, -0.2) is 9.97 Å². The Morgan fingerprint density at radius 2 is 2.05 bits per heavy atom. The zero-order chi connectivity index (χ0) is 13.7. The highest BCUT2D eigenvalue weighted by Gasteiger charge is 2.08. The van der Waals surface area contributed by atoms with Gasteiger partial charge >= 0.3 is 0 Å². The van der Waals surface area contributed by atoms with Gasteiger partial charge in [0, 0.05) is 17.5 Å². The monoisotopic (exact) mass is 277 g/mol. The molecule has 5 nitrogen and oxygen atoms in total. The number of nitrogens with zero attached hydrogens (tertiary/aromatic N) is 3. The van der Waals surface area contributed by atoms with Crippen LogP contribution >= 0.6 is 11.6 Å². The molecule has 1 aromatic heterocycles. The minimum Gasteiger partial charge on any atom is -0.481 e. The lowest BCUT2D eigenvalue weighted by Gasteiger charge is -2.05. The van der Waals surface area contributed by atoms with Crippen molar-refractivity contribution in [3.05, 3.63) is 52.9 Å². The van der Waals surface area contributed by atoms with Crippen LogP contribution in [0, 0.1) is 0 Å². The molecular weight excluding hydrogens is 266 g/mol. The smallest absolute Gasteiger partial charge is 0.216 e. The number of hydrogen-bond donors (Lipinski definition) is 1. The van der Waals surface area contributed by atoms with Crippen LogP contribution in [0.4, 0.5) is 0 Å². The fourth-order valence-electron chi connectivity index (χ4n) is 1.59. The van der Waals surface area contributed by atoms with Crippen LogP contribution in [-0.2, 0) is 6.42 Å². The standard InChI is InChI=1S/C13H12ClN3O2/c1-19-13-7-11(15-8-16-13)6-12(17-18)9-2-4-10(14)5-3-9/h2-5,7-8,18H,6H2,1H3. The first-order valence-corrected chi connectivity index (χ1v) is 5.92. The average Bonchev–Trinajstić information content (AvgIpc) is 2.46. The van der Waals surface area contributed by atoms with Gasteiger partial charge in [-0.1, -0.05) is 28.9 Å². The van der Waals surface area contributed by atoms with Crippen molar-refractivity contribution in [3.63, 3.8) is 0 Å². The van der Waals surface area contributed by atoms with Crippen LogP contribution in [-0.4, -0.2) is 28.0 Å². The maximum Gasteiger partial charge on any atom is 0.216 e. The molecule has 2 aromatic rings. The first-order valence-electron chi connectivity index (χ1n) is 5.54. The number of rotatable bonds is 4. The molecule has 1 N–H and O–H groups in total. The summed E-state index contributed by atoms with van der Waals surface area (Å²) in [5.41, 5.74) is 1.98. The summed E-state index contributed by atoms with van der Waals surface area (Å²) in [5, 5.41) is 13.1. The molecule has 0 spiro atoms. The van der Waals surface area contributed by atoms with E-state index in [0.29, 0.717) is 28.7 Å². The summed E-state index contributed by atoms with van der Waals surface area (Å²) in [5.74, 6) is 0.471. The Bertz CT molecular complexity index is 585. The Kier molecular flexibility index (Phi) is 4.30. The van der Waals surface area contributed by atoms with Crippen molar-refractivity contribution in [2.24, 2.45) is 5.16 Å². The van der Waals surface area contributed by atoms with Crippen molar-refractivity contribution in [2.75, 3.05) is 7.11 Å². The Morgan fingerprint density at radius 1 is 1.32 bits per heavy atom. The van der Waals surface area contributed by atoms with Crippen molar-refractivity contribution in [3.8, 4) is 5.88 Å². The highest BCUT2D eigenvalue weighted by Crippen LogP contribution is 2.13. The number of ether oxygens (including phenoxy) is 1. The first-order chi connectivity index (χ1) is 9.22. The van der Waals surface area contributed by atoms with Gasteiger partial charge < -0.3 is 9.94 Å². The minimum atomic E-state index is 0.372. The summed E-state index contributed by atoms with van der Waals surface area (Å²) in [6.07, 6.45) is 1.78. The van der Waals surface area contributed by atoms with E-state index in [1.54, 1.807) is 30.3 Å². The van der Waals surface area contributed by atoms with Crippen LogP contribution in [0.15, 0.2) is 41.8 Å². The summed E-state index contributed by atoms with van der Waals surface area (Å²) < 4.78 is 5.02. The molecule has 0 aliphatic rings. The number of aromatic nitrogens is 2. The van der Waals surface area contributed by atoms with Crippen molar-refractivity contribution < 1.29 is 9.94 Å². The van der Waals surface area contributed by atoms with E-state index in [1.807, 2.05) is 0 Å². The first kappa shape index (κ1) is 13.3. The Hall–Kier alpha value is -2.14. The second kappa shape index (κ2) is 6.15.